The minimum Gasteiger partial charge on any atom is -0.508 e. The quantitative estimate of drug-likeness (QED) is 0.775. The van der Waals surface area contributed by atoms with E-state index in [-0.39, 0.29) is 22.8 Å². The zero-order chi connectivity index (χ0) is 10.0. The fraction of sp³-hybridized carbons (Fsp3) is 0.333. The van der Waals surface area contributed by atoms with Gasteiger partial charge in [0.1, 0.15) is 11.6 Å². The van der Waals surface area contributed by atoms with Gasteiger partial charge in [0.25, 0.3) is 0 Å². The van der Waals surface area contributed by atoms with E-state index in [9.17, 15) is 9.50 Å². The van der Waals surface area contributed by atoms with Crippen molar-refractivity contribution in [2.24, 2.45) is 0 Å². The Balaban J connectivity index is 3.10. The van der Waals surface area contributed by atoms with E-state index in [2.05, 4.69) is 0 Å². The molecule has 0 heterocycles. The van der Waals surface area contributed by atoms with E-state index in [1.807, 2.05) is 0 Å². The number of aromatic hydroxyl groups is 1. The molecule has 1 aromatic carbocycles. The fourth-order valence-corrected chi connectivity index (χ4v) is 1.25. The molecule has 2 nitrogen and oxygen atoms in total. The predicted octanol–water partition coefficient (Wildman–Crippen LogP) is 2.11. The number of benzene rings is 1. The molecule has 72 valence electrons. The zero-order valence-electron chi connectivity index (χ0n) is 7.09. The van der Waals surface area contributed by atoms with Gasteiger partial charge < -0.3 is 10.2 Å². The first-order valence-electron chi connectivity index (χ1n) is 3.86. The minimum atomic E-state index is -0.709. The third-order valence-electron chi connectivity index (χ3n) is 1.67. The second-order valence-electron chi connectivity index (χ2n) is 2.91. The molecule has 0 radical (unpaired) electrons. The maximum Gasteiger partial charge on any atom is 0.148 e. The van der Waals surface area contributed by atoms with E-state index >= 15 is 0 Å². The number of hydrogen-bond donors (Lipinski definition) is 2. The summed E-state index contributed by atoms with van der Waals surface area (Å²) in [5.74, 6) is -0.842. The molecule has 0 amide bonds. The van der Waals surface area contributed by atoms with Gasteiger partial charge in [-0.1, -0.05) is 11.6 Å². The van der Waals surface area contributed by atoms with Crippen LogP contribution in [0.3, 0.4) is 0 Å². The van der Waals surface area contributed by atoms with Crippen molar-refractivity contribution in [1.82, 2.24) is 0 Å². The van der Waals surface area contributed by atoms with Crippen LogP contribution in [-0.4, -0.2) is 16.3 Å². The molecule has 0 aliphatic heterocycles. The van der Waals surface area contributed by atoms with Gasteiger partial charge in [-0.05, 0) is 19.1 Å². The lowest BCUT2D eigenvalue weighted by atomic mass is 10.1. The maximum absolute atomic E-state index is 13.2. The van der Waals surface area contributed by atoms with Crippen LogP contribution in [0.15, 0.2) is 12.1 Å². The number of aliphatic hydroxyl groups excluding tert-OH is 1. The van der Waals surface area contributed by atoms with Gasteiger partial charge >= 0.3 is 0 Å². The molecule has 0 saturated heterocycles. The monoisotopic (exact) mass is 204 g/mol. The van der Waals surface area contributed by atoms with Crippen LogP contribution in [0.5, 0.6) is 5.75 Å². The Hall–Kier alpha value is -0.800. The number of halogens is 2. The molecule has 4 heteroatoms. The van der Waals surface area contributed by atoms with Crippen LogP contribution < -0.4 is 0 Å². The highest BCUT2D eigenvalue weighted by Gasteiger charge is 2.13. The Morgan fingerprint density at radius 3 is 2.69 bits per heavy atom. The molecule has 0 bridgehead atoms. The lowest BCUT2D eigenvalue weighted by molar-refractivity contribution is 0.192. The number of phenols is 1. The second-order valence-corrected chi connectivity index (χ2v) is 3.32. The van der Waals surface area contributed by atoms with Crippen LogP contribution in [0.4, 0.5) is 4.39 Å². The molecule has 13 heavy (non-hydrogen) atoms. The summed E-state index contributed by atoms with van der Waals surface area (Å²) in [5, 5.41) is 18.2. The van der Waals surface area contributed by atoms with E-state index in [0.717, 1.165) is 0 Å². The standard InChI is InChI=1S/C9H10ClFO2/c1-5(12)4-6-8(13)3-2-7(10)9(6)11/h2-3,5,12-13H,4H2,1H3. The predicted molar refractivity (Wildman–Crippen MR) is 48.5 cm³/mol. The summed E-state index contributed by atoms with van der Waals surface area (Å²) in [4.78, 5) is 0. The largest absolute Gasteiger partial charge is 0.508 e. The summed E-state index contributed by atoms with van der Waals surface area (Å²) in [6.07, 6.45) is -0.656. The lowest BCUT2D eigenvalue weighted by Gasteiger charge is -2.08. The first-order chi connectivity index (χ1) is 6.02. The highest BCUT2D eigenvalue weighted by atomic mass is 35.5. The van der Waals surface area contributed by atoms with Crippen LogP contribution in [0.1, 0.15) is 12.5 Å². The van der Waals surface area contributed by atoms with Crippen LogP contribution in [0, 0.1) is 5.82 Å². The normalized spacial score (nSPS) is 12.9. The van der Waals surface area contributed by atoms with Gasteiger partial charge in [0.05, 0.1) is 11.1 Å². The van der Waals surface area contributed by atoms with E-state index in [4.69, 9.17) is 16.7 Å². The molecule has 0 aliphatic carbocycles. The van der Waals surface area contributed by atoms with Crippen molar-refractivity contribution < 1.29 is 14.6 Å². The Bertz CT molecular complexity index is 313. The van der Waals surface area contributed by atoms with E-state index in [0.29, 0.717) is 0 Å². The molecule has 1 unspecified atom stereocenters. The fourth-order valence-electron chi connectivity index (χ4n) is 1.07. The summed E-state index contributed by atoms with van der Waals surface area (Å²) >= 11 is 5.50. The van der Waals surface area contributed by atoms with Crippen molar-refractivity contribution in [3.8, 4) is 5.75 Å². The number of rotatable bonds is 2. The highest BCUT2D eigenvalue weighted by Crippen LogP contribution is 2.27. The molecule has 0 saturated carbocycles. The van der Waals surface area contributed by atoms with Crippen molar-refractivity contribution >= 4 is 11.6 Å². The van der Waals surface area contributed by atoms with Gasteiger partial charge in [-0.15, -0.1) is 0 Å². The third kappa shape index (κ3) is 2.32. The molecule has 1 aromatic rings. The van der Waals surface area contributed by atoms with Crippen LogP contribution in [-0.2, 0) is 6.42 Å². The molecule has 0 aliphatic rings. The molecule has 0 spiro atoms. The average Bonchev–Trinajstić information content (AvgIpc) is 2.05. The second kappa shape index (κ2) is 3.94. The summed E-state index contributed by atoms with van der Waals surface area (Å²) in [7, 11) is 0. The van der Waals surface area contributed by atoms with Crippen LogP contribution in [0.2, 0.25) is 5.02 Å². The van der Waals surface area contributed by atoms with Crippen LogP contribution in [0.25, 0.3) is 0 Å². The van der Waals surface area contributed by atoms with Crippen molar-refractivity contribution in [1.29, 1.82) is 0 Å². The Morgan fingerprint density at radius 1 is 1.54 bits per heavy atom. The number of aliphatic hydroxyl groups is 1. The summed E-state index contributed by atoms with van der Waals surface area (Å²) in [6, 6.07) is 2.58. The van der Waals surface area contributed by atoms with E-state index in [1.165, 1.54) is 19.1 Å². The summed E-state index contributed by atoms with van der Waals surface area (Å²) in [5.41, 5.74) is 0.0579. The zero-order valence-corrected chi connectivity index (χ0v) is 7.85. The Morgan fingerprint density at radius 2 is 2.15 bits per heavy atom. The highest BCUT2D eigenvalue weighted by molar-refractivity contribution is 6.30. The first kappa shape index (κ1) is 10.3. The third-order valence-corrected chi connectivity index (χ3v) is 1.96. The Labute approximate surface area is 80.6 Å². The van der Waals surface area contributed by atoms with Crippen molar-refractivity contribution in [2.75, 3.05) is 0 Å². The van der Waals surface area contributed by atoms with Crippen molar-refractivity contribution in [3.05, 3.63) is 28.5 Å². The van der Waals surface area contributed by atoms with Gasteiger partial charge in [-0.25, -0.2) is 4.39 Å². The smallest absolute Gasteiger partial charge is 0.148 e. The molecular weight excluding hydrogens is 195 g/mol. The van der Waals surface area contributed by atoms with E-state index in [1.54, 1.807) is 0 Å². The van der Waals surface area contributed by atoms with Crippen molar-refractivity contribution in [2.45, 2.75) is 19.4 Å². The average molecular weight is 205 g/mol. The topological polar surface area (TPSA) is 40.5 Å². The van der Waals surface area contributed by atoms with Crippen molar-refractivity contribution in [3.63, 3.8) is 0 Å². The van der Waals surface area contributed by atoms with Gasteiger partial charge in [0, 0.05) is 12.0 Å². The van der Waals surface area contributed by atoms with Crippen LogP contribution >= 0.6 is 11.6 Å². The minimum absolute atomic E-state index is 0.0477. The number of phenolic OH excluding ortho intramolecular Hbond substituents is 1. The number of hydrogen-bond acceptors (Lipinski definition) is 2. The molecular formula is C9H10ClFO2. The lowest BCUT2D eigenvalue weighted by Crippen LogP contribution is -2.06. The van der Waals surface area contributed by atoms with E-state index < -0.39 is 11.9 Å². The molecule has 1 rings (SSSR count). The first-order valence-corrected chi connectivity index (χ1v) is 4.24. The molecule has 2 N–H and O–H groups in total. The van der Waals surface area contributed by atoms with Gasteiger partial charge in [0.2, 0.25) is 0 Å². The maximum atomic E-state index is 13.2. The van der Waals surface area contributed by atoms with Gasteiger partial charge in [-0.3, -0.25) is 0 Å². The van der Waals surface area contributed by atoms with Gasteiger partial charge in [0.15, 0.2) is 0 Å². The SMILES string of the molecule is CC(O)Cc1c(O)ccc(Cl)c1F. The summed E-state index contributed by atoms with van der Waals surface area (Å²) < 4.78 is 13.2. The van der Waals surface area contributed by atoms with Gasteiger partial charge in [-0.2, -0.15) is 0 Å². The molecule has 0 aromatic heterocycles. The summed E-state index contributed by atoms with van der Waals surface area (Å²) in [6.45, 7) is 1.51. The molecule has 1 atom stereocenters. The Kier molecular flexibility index (Phi) is 3.12. The molecule has 0 fully saturated rings.